The van der Waals surface area contributed by atoms with Gasteiger partial charge in [0.15, 0.2) is 11.6 Å². The predicted octanol–water partition coefficient (Wildman–Crippen LogP) is 3.70. The molecule has 0 unspecified atom stereocenters. The summed E-state index contributed by atoms with van der Waals surface area (Å²) in [6, 6.07) is 2.70. The van der Waals surface area contributed by atoms with Gasteiger partial charge in [-0.05, 0) is 43.9 Å². The number of nitrogens with two attached hydrogens (primary N) is 1. The van der Waals surface area contributed by atoms with Gasteiger partial charge in [0.2, 0.25) is 10.0 Å². The summed E-state index contributed by atoms with van der Waals surface area (Å²) in [5.74, 6) is 0.113. The number of aromatic nitrogens is 4. The number of sulfonamides is 1. The van der Waals surface area contributed by atoms with Crippen molar-refractivity contribution in [3.05, 3.63) is 47.3 Å². The monoisotopic (exact) mass is 581 g/mol. The van der Waals surface area contributed by atoms with E-state index in [9.17, 15) is 21.6 Å². The van der Waals surface area contributed by atoms with Gasteiger partial charge < -0.3 is 15.4 Å². The third-order valence-corrected chi connectivity index (χ3v) is 8.14. The average molecular weight is 582 g/mol. The molecule has 0 amide bonds. The molecule has 0 aliphatic carbocycles. The number of nitrogen functional groups attached to an aromatic ring is 1. The molecule has 2 N–H and O–H groups in total. The normalized spacial score (nSPS) is 14.8. The van der Waals surface area contributed by atoms with Gasteiger partial charge in [-0.1, -0.05) is 19.1 Å². The summed E-state index contributed by atoms with van der Waals surface area (Å²) >= 11 is 0. The maximum Gasteiger partial charge on any atom is 0.417 e. The van der Waals surface area contributed by atoms with Crippen LogP contribution in [0.25, 0.3) is 16.9 Å². The quantitative estimate of drug-likeness (QED) is 0.360. The Morgan fingerprint density at radius 1 is 1.23 bits per heavy atom. The molecule has 10 nitrogen and oxygen atoms in total. The number of pyridine rings is 1. The van der Waals surface area contributed by atoms with Gasteiger partial charge in [0, 0.05) is 38.1 Å². The van der Waals surface area contributed by atoms with Gasteiger partial charge in [0.25, 0.3) is 0 Å². The summed E-state index contributed by atoms with van der Waals surface area (Å²) < 4.78 is 74.5. The minimum atomic E-state index is -4.68. The third-order valence-electron chi connectivity index (χ3n) is 6.84. The molecule has 1 fully saturated rings. The molecule has 3 aromatic heterocycles. The van der Waals surface area contributed by atoms with E-state index in [0.717, 1.165) is 29.1 Å². The van der Waals surface area contributed by atoms with E-state index < -0.39 is 21.8 Å². The lowest BCUT2D eigenvalue weighted by Crippen LogP contribution is -2.37. The Morgan fingerprint density at radius 3 is 2.55 bits per heavy atom. The van der Waals surface area contributed by atoms with Crippen LogP contribution in [0.5, 0.6) is 0 Å². The first kappa shape index (κ1) is 29.7. The lowest BCUT2D eigenvalue weighted by molar-refractivity contribution is -0.137. The van der Waals surface area contributed by atoms with Gasteiger partial charge in [-0.15, -0.1) is 5.10 Å². The summed E-state index contributed by atoms with van der Waals surface area (Å²) in [7, 11) is -3.33. The van der Waals surface area contributed by atoms with Crippen molar-refractivity contribution in [3.63, 3.8) is 0 Å². The largest absolute Gasteiger partial charge is 0.417 e. The van der Waals surface area contributed by atoms with E-state index in [0.29, 0.717) is 70.0 Å². The molecule has 4 rings (SSSR count). The number of rotatable bonds is 10. The molecule has 40 heavy (non-hydrogen) atoms. The van der Waals surface area contributed by atoms with Crippen molar-refractivity contribution in [2.45, 2.75) is 39.3 Å². The minimum absolute atomic E-state index is 0.124. The number of halogens is 3. The van der Waals surface area contributed by atoms with Crippen molar-refractivity contribution in [3.8, 4) is 11.4 Å². The van der Waals surface area contributed by atoms with Crippen LogP contribution in [0.3, 0.4) is 0 Å². The zero-order valence-electron chi connectivity index (χ0n) is 22.8. The Bertz CT molecular complexity index is 1500. The maximum atomic E-state index is 13.9. The molecule has 0 radical (unpaired) electrons. The average Bonchev–Trinajstić information content (AvgIpc) is 3.20. The van der Waals surface area contributed by atoms with Gasteiger partial charge in [-0.3, -0.25) is 0 Å². The van der Waals surface area contributed by atoms with Gasteiger partial charge in [0.1, 0.15) is 11.3 Å². The topological polar surface area (TPSA) is 119 Å². The zero-order chi connectivity index (χ0) is 29.2. The first-order valence-corrected chi connectivity index (χ1v) is 14.8. The third kappa shape index (κ3) is 6.56. The van der Waals surface area contributed by atoms with Gasteiger partial charge >= 0.3 is 6.18 Å². The molecule has 218 valence electrons. The lowest BCUT2D eigenvalue weighted by Gasteiger charge is -2.28. The van der Waals surface area contributed by atoms with Crippen LogP contribution in [0.4, 0.5) is 24.8 Å². The van der Waals surface area contributed by atoms with E-state index in [1.54, 1.807) is 4.52 Å². The summed E-state index contributed by atoms with van der Waals surface area (Å²) in [4.78, 5) is 10.4. The maximum absolute atomic E-state index is 13.9. The van der Waals surface area contributed by atoms with E-state index in [2.05, 4.69) is 21.6 Å². The molecule has 0 spiro atoms. The molecule has 0 aromatic carbocycles. The van der Waals surface area contributed by atoms with Crippen LogP contribution in [0.2, 0.25) is 0 Å². The molecule has 1 aliphatic heterocycles. The van der Waals surface area contributed by atoms with E-state index >= 15 is 0 Å². The minimum Gasteiger partial charge on any atom is -0.384 e. The number of anilines is 2. The van der Waals surface area contributed by atoms with Crippen molar-refractivity contribution in [2.24, 2.45) is 0 Å². The van der Waals surface area contributed by atoms with Crippen molar-refractivity contribution in [1.29, 1.82) is 0 Å². The second-order valence-corrected chi connectivity index (χ2v) is 11.9. The summed E-state index contributed by atoms with van der Waals surface area (Å²) in [6.07, 6.45) is -0.815. The Morgan fingerprint density at radius 2 is 1.93 bits per heavy atom. The van der Waals surface area contributed by atoms with Crippen molar-refractivity contribution in [1.82, 2.24) is 23.9 Å². The molecule has 0 saturated carbocycles. The SMILES string of the molecule is C=C(CCN(CCC)S(C)(=O)=O)Cc1cc2c(N3CCOCC3)nc(-c3cnc(N)cc3C(F)(F)F)nn2c1C. The molecular weight excluding hydrogens is 547 g/mol. The van der Waals surface area contributed by atoms with E-state index in [-0.39, 0.29) is 17.2 Å². The highest BCUT2D eigenvalue weighted by Gasteiger charge is 2.36. The van der Waals surface area contributed by atoms with Gasteiger partial charge in [-0.2, -0.15) is 13.2 Å². The van der Waals surface area contributed by atoms with E-state index in [1.807, 2.05) is 24.8 Å². The van der Waals surface area contributed by atoms with Crippen molar-refractivity contribution >= 4 is 27.2 Å². The number of nitrogens with zero attached hydrogens (tertiary/aromatic N) is 6. The van der Waals surface area contributed by atoms with Crippen LogP contribution in [-0.4, -0.2) is 78.0 Å². The van der Waals surface area contributed by atoms with Crippen LogP contribution in [0.1, 0.15) is 36.6 Å². The Balaban J connectivity index is 1.74. The molecule has 3 aromatic rings. The molecule has 1 aliphatic rings. The number of hydrogen-bond donors (Lipinski definition) is 1. The van der Waals surface area contributed by atoms with Crippen LogP contribution in [0, 0.1) is 6.92 Å². The summed E-state index contributed by atoms with van der Waals surface area (Å²) in [6.45, 7) is 10.6. The Labute approximate surface area is 231 Å². The van der Waals surface area contributed by atoms with Crippen LogP contribution in [-0.2, 0) is 27.4 Å². The van der Waals surface area contributed by atoms with Gasteiger partial charge in [-0.25, -0.2) is 27.2 Å². The molecule has 1 saturated heterocycles. The summed E-state index contributed by atoms with van der Waals surface area (Å²) in [5, 5.41) is 4.51. The van der Waals surface area contributed by atoms with E-state index in [1.165, 1.54) is 10.6 Å². The Hall–Kier alpha value is -3.23. The molecule has 0 bridgehead atoms. The summed E-state index contributed by atoms with van der Waals surface area (Å²) in [5.41, 5.74) is 7.41. The van der Waals surface area contributed by atoms with Crippen LogP contribution in [0.15, 0.2) is 30.5 Å². The van der Waals surface area contributed by atoms with Gasteiger partial charge in [0.05, 0.1) is 30.6 Å². The van der Waals surface area contributed by atoms with Crippen LogP contribution >= 0.6 is 0 Å². The van der Waals surface area contributed by atoms with Crippen molar-refractivity contribution < 1.29 is 26.3 Å². The van der Waals surface area contributed by atoms with Crippen LogP contribution < -0.4 is 10.6 Å². The number of alkyl halides is 3. The smallest absolute Gasteiger partial charge is 0.384 e. The number of morpholine rings is 1. The molecule has 14 heteroatoms. The number of fused-ring (bicyclic) bond motifs is 1. The molecule has 0 atom stereocenters. The number of aryl methyl sites for hydroxylation is 1. The predicted molar refractivity (Wildman–Crippen MR) is 148 cm³/mol. The zero-order valence-corrected chi connectivity index (χ0v) is 23.6. The highest BCUT2D eigenvalue weighted by atomic mass is 32.2. The van der Waals surface area contributed by atoms with Crippen molar-refractivity contribution in [2.75, 3.05) is 56.3 Å². The molecule has 4 heterocycles. The highest BCUT2D eigenvalue weighted by Crippen LogP contribution is 2.37. The fourth-order valence-electron chi connectivity index (χ4n) is 4.73. The second-order valence-electron chi connectivity index (χ2n) is 9.90. The second kappa shape index (κ2) is 11.7. The number of hydrogen-bond acceptors (Lipinski definition) is 8. The standard InChI is InChI=1S/C26H34F3N7O3S/c1-5-7-35(40(4,37)38)8-6-17(2)13-19-14-22-25(34-9-11-39-12-10-34)32-24(33-36(22)18(19)3)20-16-31-23(30)15-21(20)26(27,28)29/h14-16H,2,5-13H2,1,3-4H3,(H2,30,31). The first-order valence-electron chi connectivity index (χ1n) is 13.0. The highest BCUT2D eigenvalue weighted by molar-refractivity contribution is 7.88. The fourth-order valence-corrected chi connectivity index (χ4v) is 5.67. The first-order chi connectivity index (χ1) is 18.8. The Kier molecular flexibility index (Phi) is 8.71. The number of ether oxygens (including phenoxy) is 1. The molecular formula is C26H34F3N7O3S. The van der Waals surface area contributed by atoms with E-state index in [4.69, 9.17) is 10.5 Å². The fraction of sp³-hybridized carbons (Fsp3) is 0.500. The lowest BCUT2D eigenvalue weighted by atomic mass is 10.0.